The van der Waals surface area contributed by atoms with Crippen molar-refractivity contribution in [1.29, 1.82) is 0 Å². The summed E-state index contributed by atoms with van der Waals surface area (Å²) < 4.78 is 10.9. The second-order valence-corrected chi connectivity index (χ2v) is 8.62. The number of rotatable bonds is 8. The zero-order valence-corrected chi connectivity index (χ0v) is 20.0. The zero-order chi connectivity index (χ0) is 23.3. The van der Waals surface area contributed by atoms with Crippen LogP contribution in [0.2, 0.25) is 5.02 Å². The van der Waals surface area contributed by atoms with Crippen LogP contribution in [0.1, 0.15) is 63.4 Å². The van der Waals surface area contributed by atoms with Gasteiger partial charge in [0, 0.05) is 12.1 Å². The van der Waals surface area contributed by atoms with Gasteiger partial charge in [0.05, 0.1) is 17.0 Å². The minimum absolute atomic E-state index is 0.154. The summed E-state index contributed by atoms with van der Waals surface area (Å²) in [6.07, 6.45) is 0. The Morgan fingerprint density at radius 1 is 1.19 bits per heavy atom. The summed E-state index contributed by atoms with van der Waals surface area (Å²) in [6, 6.07) is 3.64. The van der Waals surface area contributed by atoms with Gasteiger partial charge in [0.25, 0.3) is 11.8 Å². The fourth-order valence-electron chi connectivity index (χ4n) is 2.93. The van der Waals surface area contributed by atoms with Gasteiger partial charge >= 0.3 is 5.97 Å². The number of amides is 2. The number of thiophene rings is 1. The maximum Gasteiger partial charge on any atom is 0.341 e. The molecule has 0 saturated carbocycles. The predicted octanol–water partition coefficient (Wildman–Crippen LogP) is 4.70. The fourth-order valence-corrected chi connectivity index (χ4v) is 4.26. The van der Waals surface area contributed by atoms with Crippen LogP contribution in [-0.2, 0) is 9.53 Å². The van der Waals surface area contributed by atoms with Crippen molar-refractivity contribution in [1.82, 2.24) is 5.32 Å². The fraction of sp³-hybridized carbons (Fsp3) is 0.409. The first kappa shape index (κ1) is 24.7. The van der Waals surface area contributed by atoms with E-state index >= 15 is 0 Å². The quantitative estimate of drug-likeness (QED) is 0.550. The summed E-state index contributed by atoms with van der Waals surface area (Å²) >= 11 is 7.23. The van der Waals surface area contributed by atoms with Gasteiger partial charge in [-0.25, -0.2) is 4.79 Å². The molecule has 0 spiro atoms. The molecule has 0 aliphatic rings. The lowest BCUT2D eigenvalue weighted by Gasteiger charge is -2.16. The second-order valence-electron chi connectivity index (χ2n) is 7.19. The van der Waals surface area contributed by atoms with Crippen molar-refractivity contribution in [2.75, 3.05) is 25.6 Å². The van der Waals surface area contributed by atoms with E-state index in [2.05, 4.69) is 10.6 Å². The Kier molecular flexibility index (Phi) is 8.47. The molecular weight excluding hydrogens is 440 g/mol. The van der Waals surface area contributed by atoms with Gasteiger partial charge in [-0.1, -0.05) is 25.4 Å². The molecule has 2 aromatic rings. The number of benzene rings is 1. The highest BCUT2D eigenvalue weighted by Gasteiger charge is 2.26. The summed E-state index contributed by atoms with van der Waals surface area (Å²) in [6.45, 7) is 9.11. The molecule has 7 nitrogen and oxygen atoms in total. The van der Waals surface area contributed by atoms with Crippen molar-refractivity contribution >= 4 is 45.7 Å². The molecule has 1 aromatic heterocycles. The van der Waals surface area contributed by atoms with Gasteiger partial charge in [0.2, 0.25) is 0 Å². The molecule has 0 fully saturated rings. The van der Waals surface area contributed by atoms with Gasteiger partial charge in [0.15, 0.2) is 6.61 Å². The van der Waals surface area contributed by atoms with E-state index in [1.165, 1.54) is 7.05 Å². The number of ether oxygens (including phenoxy) is 2. The van der Waals surface area contributed by atoms with E-state index in [4.69, 9.17) is 21.1 Å². The Morgan fingerprint density at radius 3 is 2.45 bits per heavy atom. The second kappa shape index (κ2) is 10.6. The van der Waals surface area contributed by atoms with Crippen LogP contribution < -0.4 is 15.4 Å². The molecule has 2 amide bonds. The Balaban J connectivity index is 2.25. The molecule has 1 heterocycles. The maximum atomic E-state index is 12.6. The molecular formula is C22H27ClN2O5S. The van der Waals surface area contributed by atoms with E-state index in [-0.39, 0.29) is 35.6 Å². The Labute approximate surface area is 191 Å². The molecule has 0 aliphatic carbocycles. The molecule has 1 aromatic carbocycles. The summed E-state index contributed by atoms with van der Waals surface area (Å²) in [5.74, 6) is -0.675. The van der Waals surface area contributed by atoms with Crippen LogP contribution in [-0.4, -0.2) is 38.0 Å². The van der Waals surface area contributed by atoms with Crippen LogP contribution in [0.4, 0.5) is 5.00 Å². The minimum Gasteiger partial charge on any atom is -0.483 e. The first-order valence-corrected chi connectivity index (χ1v) is 11.0. The molecule has 0 unspecified atom stereocenters. The van der Waals surface area contributed by atoms with Crippen molar-refractivity contribution < 1.29 is 23.9 Å². The summed E-state index contributed by atoms with van der Waals surface area (Å²) in [4.78, 5) is 37.5. The van der Waals surface area contributed by atoms with Gasteiger partial charge in [-0.2, -0.15) is 0 Å². The van der Waals surface area contributed by atoms with Gasteiger partial charge in [-0.3, -0.25) is 9.59 Å². The Bertz CT molecular complexity index is 1000. The molecule has 0 atom stereocenters. The lowest BCUT2D eigenvalue weighted by Crippen LogP contribution is -2.21. The number of aryl methyl sites for hydroxylation is 1. The molecule has 2 N–H and O–H groups in total. The minimum atomic E-state index is -0.599. The number of esters is 1. The first-order valence-electron chi connectivity index (χ1n) is 9.85. The van der Waals surface area contributed by atoms with Crippen LogP contribution in [0.3, 0.4) is 0 Å². The topological polar surface area (TPSA) is 93.7 Å². The van der Waals surface area contributed by atoms with Crippen LogP contribution >= 0.6 is 22.9 Å². The Morgan fingerprint density at radius 2 is 1.87 bits per heavy atom. The number of nitrogens with one attached hydrogen (secondary N) is 2. The smallest absolute Gasteiger partial charge is 0.341 e. The largest absolute Gasteiger partial charge is 0.483 e. The highest BCUT2D eigenvalue weighted by atomic mass is 35.5. The SMILES string of the molecule is CCOC(=O)c1c(NC(=O)COc2cc(C)c(Cl)cc2C(C)C)sc(C(=O)NC)c1C. The van der Waals surface area contributed by atoms with E-state index in [1.807, 2.05) is 26.8 Å². The Hall–Kier alpha value is -2.58. The lowest BCUT2D eigenvalue weighted by atomic mass is 10.0. The highest BCUT2D eigenvalue weighted by Crippen LogP contribution is 2.34. The van der Waals surface area contributed by atoms with Gasteiger partial charge in [-0.15, -0.1) is 11.3 Å². The third kappa shape index (κ3) is 5.77. The molecule has 0 radical (unpaired) electrons. The number of carbonyl (C=O) groups excluding carboxylic acids is 3. The van der Waals surface area contributed by atoms with E-state index in [9.17, 15) is 14.4 Å². The normalized spacial score (nSPS) is 10.7. The standard InChI is InChI=1S/C22H27ClN2O5S/c1-7-29-22(28)18-13(5)19(20(27)24-6)31-21(18)25-17(26)10-30-16-8-12(4)15(23)9-14(16)11(2)3/h8-9,11H,7,10H2,1-6H3,(H,24,27)(H,25,26). The van der Waals surface area contributed by atoms with Crippen molar-refractivity contribution in [3.63, 3.8) is 0 Å². The molecule has 0 bridgehead atoms. The average molecular weight is 467 g/mol. The highest BCUT2D eigenvalue weighted by molar-refractivity contribution is 7.18. The number of hydrogen-bond donors (Lipinski definition) is 2. The van der Waals surface area contributed by atoms with Crippen LogP contribution in [0.5, 0.6) is 5.75 Å². The average Bonchev–Trinajstić information content (AvgIpc) is 3.03. The monoisotopic (exact) mass is 466 g/mol. The number of halogens is 1. The van der Waals surface area contributed by atoms with Crippen molar-refractivity contribution in [2.24, 2.45) is 0 Å². The van der Waals surface area contributed by atoms with Crippen LogP contribution in [0, 0.1) is 13.8 Å². The molecule has 9 heteroatoms. The van der Waals surface area contributed by atoms with E-state index < -0.39 is 11.9 Å². The molecule has 2 rings (SSSR count). The van der Waals surface area contributed by atoms with Crippen molar-refractivity contribution in [3.05, 3.63) is 44.3 Å². The number of anilines is 1. The number of carbonyl (C=O) groups is 3. The van der Waals surface area contributed by atoms with Crippen molar-refractivity contribution in [3.8, 4) is 5.75 Å². The van der Waals surface area contributed by atoms with Crippen molar-refractivity contribution in [2.45, 2.75) is 40.5 Å². The number of hydrogen-bond acceptors (Lipinski definition) is 6. The third-order valence-electron chi connectivity index (χ3n) is 4.58. The molecule has 168 valence electrons. The maximum absolute atomic E-state index is 12.6. The molecule has 0 saturated heterocycles. The lowest BCUT2D eigenvalue weighted by molar-refractivity contribution is -0.118. The zero-order valence-electron chi connectivity index (χ0n) is 18.5. The summed E-state index contributed by atoms with van der Waals surface area (Å²) in [5.41, 5.74) is 2.36. The third-order valence-corrected chi connectivity index (χ3v) is 6.20. The van der Waals surface area contributed by atoms with Gasteiger partial charge in [0.1, 0.15) is 10.8 Å². The molecule has 31 heavy (non-hydrogen) atoms. The molecule has 0 aliphatic heterocycles. The van der Waals surface area contributed by atoms with E-state index in [0.717, 1.165) is 22.5 Å². The van der Waals surface area contributed by atoms with E-state index in [1.54, 1.807) is 19.9 Å². The van der Waals surface area contributed by atoms with Crippen LogP contribution in [0.15, 0.2) is 12.1 Å². The predicted molar refractivity (Wildman–Crippen MR) is 123 cm³/mol. The van der Waals surface area contributed by atoms with Gasteiger partial charge in [-0.05, 0) is 55.5 Å². The van der Waals surface area contributed by atoms with Crippen LogP contribution in [0.25, 0.3) is 0 Å². The van der Waals surface area contributed by atoms with E-state index in [0.29, 0.717) is 21.2 Å². The summed E-state index contributed by atoms with van der Waals surface area (Å²) in [7, 11) is 1.50. The first-order chi connectivity index (χ1) is 14.6. The van der Waals surface area contributed by atoms with Gasteiger partial charge < -0.3 is 20.1 Å². The summed E-state index contributed by atoms with van der Waals surface area (Å²) in [5, 5.41) is 6.10.